The Labute approximate surface area is 85.6 Å². The van der Waals surface area contributed by atoms with E-state index in [-0.39, 0.29) is 10.1 Å². The van der Waals surface area contributed by atoms with E-state index >= 15 is 0 Å². The standard InChI is InChI=1S/C8H12INO2/c9-8(11)12-7-5-10-3-1-6(7)2-4-10/h6-7H,1-5H2/t7-/m1/s1. The summed E-state index contributed by atoms with van der Waals surface area (Å²) in [6.07, 6.45) is 2.58. The first-order valence-corrected chi connectivity index (χ1v) is 5.42. The van der Waals surface area contributed by atoms with Gasteiger partial charge in [0, 0.05) is 6.54 Å². The zero-order valence-electron chi connectivity index (χ0n) is 6.83. The fourth-order valence-electron chi connectivity index (χ4n) is 2.16. The molecule has 3 nitrogen and oxygen atoms in total. The summed E-state index contributed by atoms with van der Waals surface area (Å²) in [6.45, 7) is 3.35. The maximum atomic E-state index is 10.7. The van der Waals surface area contributed by atoms with Gasteiger partial charge >= 0.3 is 3.98 Å². The number of halogens is 1. The molecule has 0 amide bonds. The van der Waals surface area contributed by atoms with E-state index < -0.39 is 0 Å². The van der Waals surface area contributed by atoms with Crippen LogP contribution in [0.15, 0.2) is 0 Å². The molecule has 2 bridgehead atoms. The second kappa shape index (κ2) is 3.49. The first-order valence-electron chi connectivity index (χ1n) is 4.34. The van der Waals surface area contributed by atoms with Crippen molar-refractivity contribution in [2.75, 3.05) is 19.6 Å². The van der Waals surface area contributed by atoms with Gasteiger partial charge < -0.3 is 4.74 Å². The minimum atomic E-state index is -0.161. The number of hydrogen-bond donors (Lipinski definition) is 0. The van der Waals surface area contributed by atoms with Crippen molar-refractivity contribution in [3.05, 3.63) is 0 Å². The predicted molar refractivity (Wildman–Crippen MR) is 53.5 cm³/mol. The molecule has 0 saturated carbocycles. The molecule has 3 fully saturated rings. The van der Waals surface area contributed by atoms with Crippen LogP contribution in [0.3, 0.4) is 0 Å². The summed E-state index contributed by atoms with van der Waals surface area (Å²) < 4.78 is 5.07. The van der Waals surface area contributed by atoms with Crippen molar-refractivity contribution in [1.29, 1.82) is 0 Å². The highest BCUT2D eigenvalue weighted by Gasteiger charge is 2.35. The molecular formula is C8H12INO2. The zero-order valence-corrected chi connectivity index (χ0v) is 8.99. The van der Waals surface area contributed by atoms with Gasteiger partial charge in [-0.2, -0.15) is 0 Å². The Morgan fingerprint density at radius 3 is 2.50 bits per heavy atom. The highest BCUT2D eigenvalue weighted by Crippen LogP contribution is 2.29. The first-order chi connectivity index (χ1) is 5.75. The third kappa shape index (κ3) is 1.74. The van der Waals surface area contributed by atoms with Crippen LogP contribution >= 0.6 is 22.6 Å². The highest BCUT2D eigenvalue weighted by atomic mass is 127. The van der Waals surface area contributed by atoms with E-state index in [9.17, 15) is 4.79 Å². The molecule has 3 aliphatic heterocycles. The molecule has 3 aliphatic rings. The predicted octanol–water partition coefficient (Wildman–Crippen LogP) is 1.65. The molecule has 0 aliphatic carbocycles. The number of nitrogens with zero attached hydrogens (tertiary/aromatic N) is 1. The molecule has 0 radical (unpaired) electrons. The summed E-state index contributed by atoms with van der Waals surface area (Å²) in [5.74, 6) is 0.633. The third-order valence-corrected chi connectivity index (χ3v) is 3.09. The van der Waals surface area contributed by atoms with Crippen molar-refractivity contribution < 1.29 is 9.53 Å². The van der Waals surface area contributed by atoms with E-state index in [0.29, 0.717) is 5.92 Å². The molecular weight excluding hydrogens is 269 g/mol. The quantitative estimate of drug-likeness (QED) is 0.540. The van der Waals surface area contributed by atoms with Crippen LogP contribution < -0.4 is 0 Å². The van der Waals surface area contributed by atoms with Crippen molar-refractivity contribution in [2.45, 2.75) is 18.9 Å². The number of piperidine rings is 3. The van der Waals surface area contributed by atoms with Gasteiger partial charge in [-0.15, -0.1) is 0 Å². The van der Waals surface area contributed by atoms with Gasteiger partial charge in [-0.05, 0) is 31.8 Å². The molecule has 3 saturated heterocycles. The van der Waals surface area contributed by atoms with Crippen molar-refractivity contribution in [2.24, 2.45) is 5.92 Å². The summed E-state index contributed by atoms with van der Waals surface area (Å²) in [7, 11) is 0. The Bertz CT molecular complexity index is 189. The number of carbonyl (C=O) groups is 1. The van der Waals surface area contributed by atoms with Gasteiger partial charge in [-0.1, -0.05) is 0 Å². The van der Waals surface area contributed by atoms with Crippen LogP contribution in [0.25, 0.3) is 0 Å². The molecule has 4 heteroatoms. The van der Waals surface area contributed by atoms with Crippen LogP contribution in [0.2, 0.25) is 0 Å². The van der Waals surface area contributed by atoms with Gasteiger partial charge in [0.05, 0.1) is 22.6 Å². The summed E-state index contributed by atoms with van der Waals surface area (Å²) in [5, 5.41) is 0. The van der Waals surface area contributed by atoms with Crippen LogP contribution in [0, 0.1) is 5.92 Å². The summed E-state index contributed by atoms with van der Waals surface area (Å²) in [6, 6.07) is 0. The monoisotopic (exact) mass is 281 g/mol. The molecule has 0 spiro atoms. The van der Waals surface area contributed by atoms with E-state index in [4.69, 9.17) is 4.74 Å². The maximum Gasteiger partial charge on any atom is 0.367 e. The second-order valence-corrected chi connectivity index (χ2v) is 4.41. The second-order valence-electron chi connectivity index (χ2n) is 3.53. The van der Waals surface area contributed by atoms with E-state index in [1.54, 1.807) is 22.6 Å². The molecule has 0 aromatic carbocycles. The Balaban J connectivity index is 1.95. The Hall–Kier alpha value is 0.160. The van der Waals surface area contributed by atoms with Crippen LogP contribution in [0.5, 0.6) is 0 Å². The first kappa shape index (κ1) is 8.74. The van der Waals surface area contributed by atoms with E-state index in [0.717, 1.165) is 6.54 Å². The van der Waals surface area contributed by atoms with E-state index in [1.807, 2.05) is 0 Å². The molecule has 12 heavy (non-hydrogen) atoms. The lowest BCUT2D eigenvalue weighted by Gasteiger charge is -2.43. The molecule has 3 heterocycles. The molecule has 1 atom stereocenters. The Morgan fingerprint density at radius 2 is 2.08 bits per heavy atom. The lowest BCUT2D eigenvalue weighted by Crippen LogP contribution is -2.51. The Kier molecular flexibility index (Phi) is 2.55. The van der Waals surface area contributed by atoms with E-state index in [2.05, 4.69) is 4.90 Å². The summed E-state index contributed by atoms with van der Waals surface area (Å²) in [4.78, 5) is 13.1. The number of carbonyl (C=O) groups excluding carboxylic acids is 1. The minimum absolute atomic E-state index is 0.161. The van der Waals surface area contributed by atoms with E-state index in [1.165, 1.54) is 25.9 Å². The van der Waals surface area contributed by atoms with Gasteiger partial charge in [0.25, 0.3) is 0 Å². The lowest BCUT2D eigenvalue weighted by molar-refractivity contribution is -0.0238. The third-order valence-electron chi connectivity index (χ3n) is 2.84. The van der Waals surface area contributed by atoms with Gasteiger partial charge in [-0.3, -0.25) is 4.90 Å². The SMILES string of the molecule is O=C(I)O[C@@H]1CN2CCC1CC2. The molecule has 0 aromatic heterocycles. The minimum Gasteiger partial charge on any atom is -0.453 e. The average molecular weight is 281 g/mol. The largest absolute Gasteiger partial charge is 0.453 e. The summed E-state index contributed by atoms with van der Waals surface area (Å²) in [5.41, 5.74) is 0. The fourth-order valence-corrected chi connectivity index (χ4v) is 2.49. The van der Waals surface area contributed by atoms with Crippen molar-refractivity contribution in [3.8, 4) is 0 Å². The van der Waals surface area contributed by atoms with Gasteiger partial charge in [0.15, 0.2) is 0 Å². The molecule has 0 N–H and O–H groups in total. The fraction of sp³-hybridized carbons (Fsp3) is 0.875. The van der Waals surface area contributed by atoms with Crippen molar-refractivity contribution in [3.63, 3.8) is 0 Å². The van der Waals surface area contributed by atoms with Gasteiger partial charge in [0.1, 0.15) is 6.10 Å². The van der Waals surface area contributed by atoms with Crippen LogP contribution in [0.1, 0.15) is 12.8 Å². The van der Waals surface area contributed by atoms with Crippen molar-refractivity contribution >= 4 is 26.6 Å². The topological polar surface area (TPSA) is 29.5 Å². The number of fused-ring (bicyclic) bond motifs is 3. The highest BCUT2D eigenvalue weighted by molar-refractivity contribution is 14.1. The molecule has 0 aromatic rings. The van der Waals surface area contributed by atoms with Crippen LogP contribution in [-0.4, -0.2) is 34.6 Å². The molecule has 0 unspecified atom stereocenters. The normalized spacial score (nSPS) is 39.6. The smallest absolute Gasteiger partial charge is 0.367 e. The summed E-state index contributed by atoms with van der Waals surface area (Å²) >= 11 is 1.71. The van der Waals surface area contributed by atoms with Gasteiger partial charge in [0.2, 0.25) is 0 Å². The zero-order chi connectivity index (χ0) is 8.55. The average Bonchev–Trinajstić information content (AvgIpc) is 2.05. The maximum absolute atomic E-state index is 10.7. The lowest BCUT2D eigenvalue weighted by atomic mass is 9.86. The molecule has 68 valence electrons. The number of ether oxygens (including phenoxy) is 1. The van der Waals surface area contributed by atoms with Crippen molar-refractivity contribution in [1.82, 2.24) is 4.90 Å². The number of hydrogen-bond acceptors (Lipinski definition) is 3. The number of rotatable bonds is 1. The van der Waals surface area contributed by atoms with Crippen LogP contribution in [-0.2, 0) is 4.74 Å². The van der Waals surface area contributed by atoms with Crippen LogP contribution in [0.4, 0.5) is 4.79 Å². The Morgan fingerprint density at radius 1 is 1.42 bits per heavy atom. The molecule has 3 rings (SSSR count). The van der Waals surface area contributed by atoms with Gasteiger partial charge in [-0.25, -0.2) is 4.79 Å².